The predicted molar refractivity (Wildman–Crippen MR) is 46.7 cm³/mol. The number of piperidine rings is 1. The zero-order valence-electron chi connectivity index (χ0n) is 7.71. The summed E-state index contributed by atoms with van der Waals surface area (Å²) in [6.07, 6.45) is 0. The molecule has 1 aliphatic carbocycles. The fourth-order valence-corrected chi connectivity index (χ4v) is 2.29. The number of amides is 1. The van der Waals surface area contributed by atoms with Crippen molar-refractivity contribution in [1.29, 1.82) is 0 Å². The number of carbonyl (C=O) groups excluding carboxylic acids is 1. The molecule has 0 spiro atoms. The molecule has 68 valence electrons. The van der Waals surface area contributed by atoms with Gasteiger partial charge >= 0.3 is 0 Å². The van der Waals surface area contributed by atoms with E-state index in [1.54, 1.807) is 0 Å². The molecular weight excluding hydrogens is 152 g/mol. The molecule has 1 saturated carbocycles. The van der Waals surface area contributed by atoms with E-state index >= 15 is 0 Å². The van der Waals surface area contributed by atoms with Crippen molar-refractivity contribution in [3.8, 4) is 0 Å². The second kappa shape index (κ2) is 2.73. The Labute approximate surface area is 73.1 Å². The minimum absolute atomic E-state index is 0.261. The minimum Gasteiger partial charge on any atom is -0.341 e. The van der Waals surface area contributed by atoms with Crippen molar-refractivity contribution in [2.75, 3.05) is 26.7 Å². The molecule has 1 aliphatic heterocycles. The molecular formula is C9H16N2O. The number of hydrogen-bond acceptors (Lipinski definition) is 2. The Morgan fingerprint density at radius 3 is 2.58 bits per heavy atom. The zero-order valence-corrected chi connectivity index (χ0v) is 7.71. The number of hydrogen-bond donors (Lipinski definition) is 1. The van der Waals surface area contributed by atoms with Gasteiger partial charge in [-0.3, -0.25) is 4.79 Å². The largest absolute Gasteiger partial charge is 0.341 e. The summed E-state index contributed by atoms with van der Waals surface area (Å²) < 4.78 is 0. The van der Waals surface area contributed by atoms with Gasteiger partial charge in [0.1, 0.15) is 0 Å². The van der Waals surface area contributed by atoms with Crippen molar-refractivity contribution in [2.45, 2.75) is 6.92 Å². The number of likely N-dealkylation sites (N-methyl/N-ethyl adjacent to an activating group) is 1. The zero-order chi connectivity index (χ0) is 8.72. The van der Waals surface area contributed by atoms with Crippen molar-refractivity contribution in [3.63, 3.8) is 0 Å². The van der Waals surface area contributed by atoms with Gasteiger partial charge in [0.15, 0.2) is 0 Å². The number of fused-ring (bicyclic) bond motifs is 1. The number of carbonyl (C=O) groups is 1. The molecule has 3 heteroatoms. The van der Waals surface area contributed by atoms with Gasteiger partial charge in [0.25, 0.3) is 0 Å². The minimum atomic E-state index is 0.261. The van der Waals surface area contributed by atoms with Crippen LogP contribution in [0.1, 0.15) is 6.92 Å². The van der Waals surface area contributed by atoms with E-state index in [-0.39, 0.29) is 5.91 Å². The average molecular weight is 168 g/mol. The van der Waals surface area contributed by atoms with E-state index in [4.69, 9.17) is 0 Å². The van der Waals surface area contributed by atoms with E-state index in [0.29, 0.717) is 6.54 Å². The van der Waals surface area contributed by atoms with Crippen LogP contribution in [0.5, 0.6) is 0 Å². The van der Waals surface area contributed by atoms with Crippen LogP contribution in [0.15, 0.2) is 0 Å². The SMILES string of the molecule is CNCC(=O)N1CC2C(C)C2C1. The topological polar surface area (TPSA) is 32.3 Å². The third-order valence-corrected chi connectivity index (χ3v) is 3.30. The van der Waals surface area contributed by atoms with Gasteiger partial charge in [-0.2, -0.15) is 0 Å². The summed E-state index contributed by atoms with van der Waals surface area (Å²) in [4.78, 5) is 13.4. The fraction of sp³-hybridized carbons (Fsp3) is 0.889. The van der Waals surface area contributed by atoms with E-state index < -0.39 is 0 Å². The molecule has 2 aliphatic rings. The van der Waals surface area contributed by atoms with Crippen LogP contribution in [0.2, 0.25) is 0 Å². The van der Waals surface area contributed by atoms with Crippen LogP contribution in [-0.4, -0.2) is 37.5 Å². The van der Waals surface area contributed by atoms with Gasteiger partial charge in [0, 0.05) is 13.1 Å². The summed E-state index contributed by atoms with van der Waals surface area (Å²) in [5.74, 6) is 2.79. The second-order valence-corrected chi connectivity index (χ2v) is 4.02. The second-order valence-electron chi connectivity index (χ2n) is 4.02. The first-order valence-corrected chi connectivity index (χ1v) is 4.66. The maximum absolute atomic E-state index is 11.4. The van der Waals surface area contributed by atoms with Crippen molar-refractivity contribution in [1.82, 2.24) is 10.2 Å². The summed E-state index contributed by atoms with van der Waals surface area (Å²) in [6.45, 7) is 4.79. The normalized spacial score (nSPS) is 38.2. The lowest BCUT2D eigenvalue weighted by atomic mass is 10.3. The molecule has 2 fully saturated rings. The molecule has 1 heterocycles. The Morgan fingerprint density at radius 2 is 2.08 bits per heavy atom. The van der Waals surface area contributed by atoms with E-state index in [2.05, 4.69) is 12.2 Å². The van der Waals surface area contributed by atoms with E-state index in [0.717, 1.165) is 30.8 Å². The molecule has 0 radical (unpaired) electrons. The van der Waals surface area contributed by atoms with Gasteiger partial charge in [-0.15, -0.1) is 0 Å². The Bertz CT molecular complexity index is 193. The highest BCUT2D eigenvalue weighted by atomic mass is 16.2. The average Bonchev–Trinajstić information content (AvgIpc) is 2.52. The van der Waals surface area contributed by atoms with E-state index in [1.165, 1.54) is 0 Å². The lowest BCUT2D eigenvalue weighted by molar-refractivity contribution is -0.129. The van der Waals surface area contributed by atoms with Crippen LogP contribution in [0.4, 0.5) is 0 Å². The monoisotopic (exact) mass is 168 g/mol. The van der Waals surface area contributed by atoms with E-state index in [9.17, 15) is 4.79 Å². The molecule has 2 rings (SSSR count). The Morgan fingerprint density at radius 1 is 1.50 bits per heavy atom. The van der Waals surface area contributed by atoms with Gasteiger partial charge in [-0.1, -0.05) is 6.92 Å². The molecule has 0 aromatic carbocycles. The third-order valence-electron chi connectivity index (χ3n) is 3.30. The maximum Gasteiger partial charge on any atom is 0.236 e. The third kappa shape index (κ3) is 1.12. The van der Waals surface area contributed by atoms with Gasteiger partial charge in [-0.25, -0.2) is 0 Å². The lowest BCUT2D eigenvalue weighted by Crippen LogP contribution is -2.37. The van der Waals surface area contributed by atoms with Crippen molar-refractivity contribution < 1.29 is 4.79 Å². The molecule has 1 amide bonds. The van der Waals surface area contributed by atoms with E-state index in [1.807, 2.05) is 11.9 Å². The Hall–Kier alpha value is -0.570. The summed E-state index contributed by atoms with van der Waals surface area (Å²) in [6, 6.07) is 0. The van der Waals surface area contributed by atoms with Crippen LogP contribution < -0.4 is 5.32 Å². The summed E-state index contributed by atoms with van der Waals surface area (Å²) in [5.41, 5.74) is 0. The van der Waals surface area contributed by atoms with Crippen molar-refractivity contribution >= 4 is 5.91 Å². The molecule has 0 aromatic rings. The summed E-state index contributed by atoms with van der Waals surface area (Å²) in [7, 11) is 1.82. The predicted octanol–water partition coefficient (Wildman–Crippen LogP) is -0.0699. The number of nitrogens with one attached hydrogen (secondary N) is 1. The number of likely N-dealkylation sites (tertiary alicyclic amines) is 1. The van der Waals surface area contributed by atoms with Crippen LogP contribution >= 0.6 is 0 Å². The van der Waals surface area contributed by atoms with Crippen LogP contribution in [0.25, 0.3) is 0 Å². The first kappa shape index (κ1) is 8.05. The highest BCUT2D eigenvalue weighted by molar-refractivity contribution is 5.78. The van der Waals surface area contributed by atoms with Crippen molar-refractivity contribution in [2.24, 2.45) is 17.8 Å². The molecule has 0 aromatic heterocycles. The molecule has 1 N–H and O–H groups in total. The first-order valence-electron chi connectivity index (χ1n) is 4.66. The molecule has 2 unspecified atom stereocenters. The van der Waals surface area contributed by atoms with Crippen LogP contribution in [-0.2, 0) is 4.79 Å². The quantitative estimate of drug-likeness (QED) is 0.626. The molecule has 12 heavy (non-hydrogen) atoms. The standard InChI is InChI=1S/C9H16N2O/c1-6-7-4-11(5-8(6)7)9(12)3-10-2/h6-8,10H,3-5H2,1-2H3. The maximum atomic E-state index is 11.4. The molecule has 3 nitrogen and oxygen atoms in total. The molecule has 1 saturated heterocycles. The van der Waals surface area contributed by atoms with Gasteiger partial charge < -0.3 is 10.2 Å². The Balaban J connectivity index is 1.82. The Kier molecular flexibility index (Phi) is 1.83. The van der Waals surface area contributed by atoms with Crippen LogP contribution in [0.3, 0.4) is 0 Å². The number of rotatable bonds is 2. The lowest BCUT2D eigenvalue weighted by Gasteiger charge is -2.18. The number of nitrogens with zero attached hydrogens (tertiary/aromatic N) is 1. The fourth-order valence-electron chi connectivity index (χ4n) is 2.29. The van der Waals surface area contributed by atoms with Crippen LogP contribution in [0, 0.1) is 17.8 Å². The van der Waals surface area contributed by atoms with Gasteiger partial charge in [0.05, 0.1) is 6.54 Å². The highest BCUT2D eigenvalue weighted by Gasteiger charge is 2.53. The summed E-state index contributed by atoms with van der Waals surface area (Å²) in [5, 5.41) is 2.89. The smallest absolute Gasteiger partial charge is 0.236 e. The van der Waals surface area contributed by atoms with Gasteiger partial charge in [0.2, 0.25) is 5.91 Å². The summed E-state index contributed by atoms with van der Waals surface area (Å²) >= 11 is 0. The van der Waals surface area contributed by atoms with Gasteiger partial charge in [-0.05, 0) is 24.8 Å². The highest BCUT2D eigenvalue weighted by Crippen LogP contribution is 2.51. The van der Waals surface area contributed by atoms with Crippen molar-refractivity contribution in [3.05, 3.63) is 0 Å². The molecule has 2 atom stereocenters. The first-order chi connectivity index (χ1) is 5.74. The molecule has 0 bridgehead atoms.